The van der Waals surface area contributed by atoms with E-state index in [1.807, 2.05) is 71.0 Å². The zero-order valence-corrected chi connectivity index (χ0v) is 32.4. The van der Waals surface area contributed by atoms with Crippen LogP contribution in [0, 0.1) is 11.8 Å². The monoisotopic (exact) mass is 754 g/mol. The molecule has 0 spiro atoms. The molecular weight excluding hydrogens is 704 g/mol. The molecule has 4 amide bonds. The highest BCUT2D eigenvalue weighted by Crippen LogP contribution is 2.36. The lowest BCUT2D eigenvalue weighted by Gasteiger charge is -2.30. The summed E-state index contributed by atoms with van der Waals surface area (Å²) in [6.07, 6.45) is 4.56. The lowest BCUT2D eigenvalue weighted by atomic mass is 10.0. The van der Waals surface area contributed by atoms with Gasteiger partial charge in [-0.05, 0) is 55.4 Å². The van der Waals surface area contributed by atoms with Crippen molar-refractivity contribution in [1.82, 2.24) is 40.4 Å². The number of furan rings is 1. The van der Waals surface area contributed by atoms with E-state index in [0.29, 0.717) is 35.9 Å². The number of amides is 4. The molecule has 0 aliphatic carbocycles. The van der Waals surface area contributed by atoms with Crippen LogP contribution in [0.25, 0.3) is 44.5 Å². The number of rotatable bonds is 13. The Hall–Kier alpha value is -5.86. The van der Waals surface area contributed by atoms with Crippen LogP contribution in [0.15, 0.2) is 53.2 Å². The number of nitrogens with zero attached hydrogens (tertiary/aromatic N) is 4. The third-order valence-corrected chi connectivity index (χ3v) is 10.1. The smallest absolute Gasteiger partial charge is 0.407 e. The maximum atomic E-state index is 13.6. The molecule has 55 heavy (non-hydrogen) atoms. The number of fused-ring (bicyclic) bond motifs is 3. The van der Waals surface area contributed by atoms with Crippen molar-refractivity contribution in [2.45, 2.75) is 78.6 Å². The van der Waals surface area contributed by atoms with E-state index in [0.717, 1.165) is 52.5 Å². The summed E-state index contributed by atoms with van der Waals surface area (Å²) < 4.78 is 15.9. The number of hydrogen-bond donors (Lipinski definition) is 4. The topological polar surface area (TPSA) is 188 Å². The van der Waals surface area contributed by atoms with Crippen LogP contribution in [0.5, 0.6) is 0 Å². The van der Waals surface area contributed by atoms with E-state index in [1.54, 1.807) is 22.2 Å². The third kappa shape index (κ3) is 8.30. The van der Waals surface area contributed by atoms with Crippen molar-refractivity contribution in [3.63, 3.8) is 0 Å². The molecule has 4 N–H and O–H groups in total. The second-order valence-electron chi connectivity index (χ2n) is 14.6. The lowest BCUT2D eigenvalue weighted by Crippen LogP contribution is -2.51. The number of methoxy groups -OCH3 is 2. The Balaban J connectivity index is 1.19. The van der Waals surface area contributed by atoms with Crippen molar-refractivity contribution in [1.29, 1.82) is 0 Å². The van der Waals surface area contributed by atoms with Gasteiger partial charge in [-0.3, -0.25) is 9.59 Å². The molecule has 15 nitrogen and oxygen atoms in total. The molecule has 1 saturated heterocycles. The fourth-order valence-corrected chi connectivity index (χ4v) is 7.16. The minimum Gasteiger partial charge on any atom is -0.456 e. The highest BCUT2D eigenvalue weighted by molar-refractivity contribution is 6.06. The lowest BCUT2D eigenvalue weighted by molar-refractivity contribution is -0.136. The molecule has 0 radical (unpaired) electrons. The first-order valence-electron chi connectivity index (χ1n) is 18.8. The van der Waals surface area contributed by atoms with Gasteiger partial charge >= 0.3 is 12.2 Å². The number of aromatic amines is 2. The van der Waals surface area contributed by atoms with Crippen molar-refractivity contribution in [3.05, 3.63) is 60.4 Å². The summed E-state index contributed by atoms with van der Waals surface area (Å²) in [5.74, 6) is 0.694. The Labute approximate surface area is 319 Å². The molecule has 0 bridgehead atoms. The summed E-state index contributed by atoms with van der Waals surface area (Å²) in [7, 11) is 2.56. The zero-order valence-electron chi connectivity index (χ0n) is 32.4. The summed E-state index contributed by atoms with van der Waals surface area (Å²) in [6.45, 7) is 10.9. The average Bonchev–Trinajstić information content (AvgIpc) is 4.00. The molecule has 1 fully saturated rings. The van der Waals surface area contributed by atoms with Gasteiger partial charge in [-0.2, -0.15) is 0 Å². The molecule has 1 aliphatic heterocycles. The van der Waals surface area contributed by atoms with Gasteiger partial charge in [0.1, 0.15) is 34.9 Å². The summed E-state index contributed by atoms with van der Waals surface area (Å²) in [5.41, 5.74) is 4.77. The van der Waals surface area contributed by atoms with Gasteiger partial charge in [0.25, 0.3) is 0 Å². The van der Waals surface area contributed by atoms with Crippen LogP contribution in [0.3, 0.4) is 0 Å². The van der Waals surface area contributed by atoms with Gasteiger partial charge in [-0.1, -0.05) is 46.8 Å². The molecule has 2 aromatic carbocycles. The van der Waals surface area contributed by atoms with Crippen LogP contribution in [0.1, 0.15) is 71.6 Å². The fourth-order valence-electron chi connectivity index (χ4n) is 7.16. The average molecular weight is 755 g/mol. The highest BCUT2D eigenvalue weighted by Gasteiger charge is 2.37. The van der Waals surface area contributed by atoms with Crippen molar-refractivity contribution in [2.24, 2.45) is 11.8 Å². The van der Waals surface area contributed by atoms with Crippen molar-refractivity contribution in [3.8, 4) is 22.5 Å². The van der Waals surface area contributed by atoms with E-state index in [9.17, 15) is 19.2 Å². The standard InChI is InChI=1S/C40H50N8O7/c1-8-15-47(37(49)34(22(2)3)45-39(51)53-6)21-33-41-19-28(43-33)24-11-13-26-27-14-12-25(18-32(27)55-31(26)17-24)29-20-42-36(44-29)30-10-9-16-48(30)38(50)35(23(4)5)46-40(52)54-7/h11-14,17-20,22-23,30,34-35H,8-10,15-16,21H2,1-7H3,(H,41,43)(H,42,44)(H,45,51)(H,46,52)/t30-,34-,35-/m0/s1. The van der Waals surface area contributed by atoms with Crippen LogP contribution < -0.4 is 10.6 Å². The Morgan fingerprint density at radius 2 is 1.45 bits per heavy atom. The van der Waals surface area contributed by atoms with Gasteiger partial charge in [0.05, 0.1) is 50.6 Å². The molecule has 1 aliphatic rings. The minimum absolute atomic E-state index is 0.121. The van der Waals surface area contributed by atoms with Gasteiger partial charge in [-0.25, -0.2) is 19.6 Å². The fraction of sp³-hybridized carbons (Fsp3) is 0.450. The summed E-state index contributed by atoms with van der Waals surface area (Å²) in [5, 5.41) is 7.29. The number of hydrogen-bond acceptors (Lipinski definition) is 9. The third-order valence-electron chi connectivity index (χ3n) is 10.1. The van der Waals surface area contributed by atoms with E-state index in [2.05, 4.69) is 30.6 Å². The van der Waals surface area contributed by atoms with Gasteiger partial charge in [0.2, 0.25) is 11.8 Å². The first-order valence-corrected chi connectivity index (χ1v) is 18.8. The number of likely N-dealkylation sites (tertiary alicyclic amines) is 1. The Morgan fingerprint density at radius 3 is 2.04 bits per heavy atom. The Kier molecular flexibility index (Phi) is 11.8. The molecule has 15 heteroatoms. The second kappa shape index (κ2) is 16.7. The number of imidazole rings is 2. The summed E-state index contributed by atoms with van der Waals surface area (Å²) in [4.78, 5) is 70.5. The first-order chi connectivity index (χ1) is 26.4. The van der Waals surface area contributed by atoms with Crippen LogP contribution in [0.4, 0.5) is 9.59 Å². The maximum absolute atomic E-state index is 13.6. The molecular formula is C40H50N8O7. The summed E-state index contributed by atoms with van der Waals surface area (Å²) in [6, 6.07) is 10.3. The molecule has 6 rings (SSSR count). The van der Waals surface area contributed by atoms with E-state index in [1.165, 1.54) is 14.2 Å². The van der Waals surface area contributed by atoms with E-state index >= 15 is 0 Å². The largest absolute Gasteiger partial charge is 0.456 e. The zero-order chi connectivity index (χ0) is 39.4. The molecule has 3 atom stereocenters. The number of ether oxygens (including phenoxy) is 2. The molecule has 4 heterocycles. The highest BCUT2D eigenvalue weighted by atomic mass is 16.5. The van der Waals surface area contributed by atoms with Crippen molar-refractivity contribution in [2.75, 3.05) is 27.3 Å². The van der Waals surface area contributed by atoms with E-state index in [4.69, 9.17) is 13.9 Å². The minimum atomic E-state index is -0.728. The van der Waals surface area contributed by atoms with Crippen LogP contribution in [-0.4, -0.2) is 93.1 Å². The SMILES string of the molecule is CCCN(Cc1ncc(-c2ccc3c(c2)oc2cc(-c4cnc([C@@H]5CCCN5C(=O)[C@@H](NC(=O)OC)C(C)C)[nH]4)ccc23)[nH]1)C(=O)[C@@H](NC(=O)OC)C(C)C. The van der Waals surface area contributed by atoms with Crippen LogP contribution in [0.2, 0.25) is 0 Å². The second-order valence-corrected chi connectivity index (χ2v) is 14.6. The van der Waals surface area contributed by atoms with Gasteiger partial charge in [0, 0.05) is 35.0 Å². The van der Waals surface area contributed by atoms with Gasteiger partial charge < -0.3 is 44.3 Å². The van der Waals surface area contributed by atoms with Crippen molar-refractivity contribution < 1.29 is 33.1 Å². The number of alkyl carbamates (subject to hydrolysis) is 2. The molecule has 5 aromatic rings. The predicted molar refractivity (Wildman–Crippen MR) is 207 cm³/mol. The van der Waals surface area contributed by atoms with Gasteiger partial charge in [-0.15, -0.1) is 0 Å². The number of aromatic nitrogens is 4. The van der Waals surface area contributed by atoms with Gasteiger partial charge in [0.15, 0.2) is 0 Å². The van der Waals surface area contributed by atoms with E-state index in [-0.39, 0.29) is 36.2 Å². The maximum Gasteiger partial charge on any atom is 0.407 e. The number of benzene rings is 2. The number of carbonyl (C=O) groups is 4. The Bertz CT molecular complexity index is 2170. The molecule has 0 saturated carbocycles. The molecule has 292 valence electrons. The Morgan fingerprint density at radius 1 is 0.873 bits per heavy atom. The van der Waals surface area contributed by atoms with E-state index < -0.39 is 24.3 Å². The quantitative estimate of drug-likeness (QED) is 0.104. The summed E-state index contributed by atoms with van der Waals surface area (Å²) >= 11 is 0. The number of carbonyl (C=O) groups excluding carboxylic acids is 4. The molecule has 3 aromatic heterocycles. The van der Waals surface area contributed by atoms with Crippen LogP contribution in [-0.2, 0) is 25.6 Å². The normalized spacial score (nSPS) is 15.4. The molecule has 0 unspecified atom stereocenters. The van der Waals surface area contributed by atoms with Crippen LogP contribution >= 0.6 is 0 Å². The van der Waals surface area contributed by atoms with Crippen molar-refractivity contribution >= 4 is 45.9 Å². The predicted octanol–water partition coefficient (Wildman–Crippen LogP) is 6.53. The number of nitrogens with one attached hydrogen (secondary N) is 4. The number of H-pyrrole nitrogens is 2. The first kappa shape index (κ1) is 38.9.